The van der Waals surface area contributed by atoms with Crippen LogP contribution in [0.1, 0.15) is 25.0 Å². The fourth-order valence-electron chi connectivity index (χ4n) is 2.04. The second-order valence-electron chi connectivity index (χ2n) is 4.92. The molecule has 20 heavy (non-hydrogen) atoms. The molecule has 0 atom stereocenters. The van der Waals surface area contributed by atoms with Gasteiger partial charge in [0, 0.05) is 11.6 Å². The molecule has 104 valence electrons. The molecule has 0 aliphatic heterocycles. The van der Waals surface area contributed by atoms with Gasteiger partial charge >= 0.3 is 5.97 Å². The van der Waals surface area contributed by atoms with Crippen LogP contribution >= 0.6 is 0 Å². The molecule has 2 aromatic rings. The van der Waals surface area contributed by atoms with Crippen LogP contribution in [0.3, 0.4) is 0 Å². The van der Waals surface area contributed by atoms with E-state index < -0.39 is 0 Å². The number of rotatable bonds is 4. The first-order valence-corrected chi connectivity index (χ1v) is 6.60. The highest BCUT2D eigenvalue weighted by molar-refractivity contribution is 5.73. The fraction of sp³-hybridized carbons (Fsp3) is 0.333. The molecule has 0 saturated heterocycles. The van der Waals surface area contributed by atoms with Crippen LogP contribution in [0.15, 0.2) is 34.9 Å². The van der Waals surface area contributed by atoms with Crippen molar-refractivity contribution < 1.29 is 18.4 Å². The van der Waals surface area contributed by atoms with Gasteiger partial charge in [-0.25, -0.2) is 4.39 Å². The van der Waals surface area contributed by atoms with Gasteiger partial charge in [0.1, 0.15) is 18.1 Å². The first-order valence-electron chi connectivity index (χ1n) is 6.60. The lowest BCUT2D eigenvalue weighted by Gasteiger charge is -2.22. The fourth-order valence-corrected chi connectivity index (χ4v) is 2.04. The highest BCUT2D eigenvalue weighted by atomic mass is 19.1. The maximum Gasteiger partial charge on any atom is 0.309 e. The molecule has 5 heteroatoms. The smallest absolute Gasteiger partial charge is 0.309 e. The third-order valence-electron chi connectivity index (χ3n) is 3.49. The van der Waals surface area contributed by atoms with Crippen LogP contribution in [-0.2, 0) is 16.1 Å². The number of benzene rings is 1. The van der Waals surface area contributed by atoms with E-state index in [9.17, 15) is 9.18 Å². The first-order chi connectivity index (χ1) is 9.72. The number of esters is 1. The molecule has 0 amide bonds. The monoisotopic (exact) mass is 275 g/mol. The summed E-state index contributed by atoms with van der Waals surface area (Å²) in [5, 5.41) is 3.84. The van der Waals surface area contributed by atoms with Crippen molar-refractivity contribution in [1.82, 2.24) is 5.16 Å². The van der Waals surface area contributed by atoms with Crippen LogP contribution < -0.4 is 0 Å². The molecule has 1 heterocycles. The van der Waals surface area contributed by atoms with Crippen molar-refractivity contribution in [3.63, 3.8) is 0 Å². The van der Waals surface area contributed by atoms with E-state index in [4.69, 9.17) is 9.26 Å². The molecule has 0 unspecified atom stereocenters. The minimum absolute atomic E-state index is 0.0541. The minimum atomic E-state index is -0.303. The summed E-state index contributed by atoms with van der Waals surface area (Å²) < 4.78 is 23.2. The highest BCUT2D eigenvalue weighted by Crippen LogP contribution is 2.28. The number of carbonyl (C=O) groups is 1. The Bertz CT molecular complexity index is 602. The SMILES string of the molecule is O=C(OCc1cc(-c2ccc(F)cc2)on1)C1CCC1. The van der Waals surface area contributed by atoms with Crippen LogP contribution in [0.4, 0.5) is 4.39 Å². The Morgan fingerprint density at radius 2 is 2.10 bits per heavy atom. The van der Waals surface area contributed by atoms with E-state index in [0.29, 0.717) is 11.5 Å². The average Bonchev–Trinajstić information content (AvgIpc) is 2.84. The van der Waals surface area contributed by atoms with Crippen molar-refractivity contribution in [3.8, 4) is 11.3 Å². The van der Waals surface area contributed by atoms with Crippen LogP contribution in [0.2, 0.25) is 0 Å². The van der Waals surface area contributed by atoms with Gasteiger partial charge in [-0.2, -0.15) is 0 Å². The lowest BCUT2D eigenvalue weighted by molar-refractivity contribution is -0.152. The van der Waals surface area contributed by atoms with Crippen molar-refractivity contribution in [2.75, 3.05) is 0 Å². The van der Waals surface area contributed by atoms with Gasteiger partial charge in [0.2, 0.25) is 0 Å². The van der Waals surface area contributed by atoms with E-state index >= 15 is 0 Å². The zero-order valence-electron chi connectivity index (χ0n) is 10.8. The molecule has 1 aromatic heterocycles. The number of hydrogen-bond donors (Lipinski definition) is 0. The van der Waals surface area contributed by atoms with Crippen molar-refractivity contribution >= 4 is 5.97 Å². The van der Waals surface area contributed by atoms with Crippen molar-refractivity contribution in [2.45, 2.75) is 25.9 Å². The Hall–Kier alpha value is -2.17. The zero-order valence-corrected chi connectivity index (χ0v) is 10.8. The number of carbonyl (C=O) groups excluding carboxylic acids is 1. The van der Waals surface area contributed by atoms with E-state index in [-0.39, 0.29) is 24.3 Å². The Morgan fingerprint density at radius 3 is 2.75 bits per heavy atom. The predicted octanol–water partition coefficient (Wildman–Crippen LogP) is 3.32. The normalized spacial score (nSPS) is 14.8. The van der Waals surface area contributed by atoms with Crippen molar-refractivity contribution in [3.05, 3.63) is 41.8 Å². The molecule has 0 bridgehead atoms. The molecule has 1 aliphatic carbocycles. The first kappa shape index (κ1) is 12.8. The summed E-state index contributed by atoms with van der Waals surface area (Å²) in [6, 6.07) is 7.63. The summed E-state index contributed by atoms with van der Waals surface area (Å²) in [6.45, 7) is 0.111. The summed E-state index contributed by atoms with van der Waals surface area (Å²) in [5.41, 5.74) is 1.28. The Morgan fingerprint density at radius 1 is 1.35 bits per heavy atom. The van der Waals surface area contributed by atoms with E-state index in [0.717, 1.165) is 24.8 Å². The molecule has 4 nitrogen and oxygen atoms in total. The third kappa shape index (κ3) is 2.71. The molecule has 1 saturated carbocycles. The Kier molecular flexibility index (Phi) is 3.50. The standard InChI is InChI=1S/C15H14FNO3/c16-12-6-4-10(5-7-12)14-8-13(17-20-14)9-19-15(18)11-2-1-3-11/h4-8,11H,1-3,9H2. The van der Waals surface area contributed by atoms with E-state index in [1.165, 1.54) is 12.1 Å². The van der Waals surface area contributed by atoms with E-state index in [1.807, 2.05) is 0 Å². The molecule has 0 spiro atoms. The average molecular weight is 275 g/mol. The Labute approximate surface area is 115 Å². The largest absolute Gasteiger partial charge is 0.459 e. The number of halogens is 1. The molecule has 0 radical (unpaired) electrons. The Balaban J connectivity index is 1.61. The van der Waals surface area contributed by atoms with Gasteiger partial charge in [0.15, 0.2) is 5.76 Å². The van der Waals surface area contributed by atoms with Gasteiger partial charge in [-0.15, -0.1) is 0 Å². The lowest BCUT2D eigenvalue weighted by atomic mass is 9.86. The van der Waals surface area contributed by atoms with E-state index in [1.54, 1.807) is 18.2 Å². The van der Waals surface area contributed by atoms with Crippen LogP contribution in [0, 0.1) is 11.7 Å². The van der Waals surface area contributed by atoms with Crippen LogP contribution in [-0.4, -0.2) is 11.1 Å². The topological polar surface area (TPSA) is 52.3 Å². The van der Waals surface area contributed by atoms with Gasteiger partial charge in [-0.3, -0.25) is 4.79 Å². The summed E-state index contributed by atoms with van der Waals surface area (Å²) >= 11 is 0. The summed E-state index contributed by atoms with van der Waals surface area (Å²) in [6.07, 6.45) is 2.93. The van der Waals surface area contributed by atoms with E-state index in [2.05, 4.69) is 5.16 Å². The van der Waals surface area contributed by atoms with Crippen molar-refractivity contribution in [2.24, 2.45) is 5.92 Å². The molecule has 1 fully saturated rings. The molecule has 3 rings (SSSR count). The van der Waals surface area contributed by atoms with Gasteiger partial charge < -0.3 is 9.26 Å². The van der Waals surface area contributed by atoms with Gasteiger partial charge in [-0.1, -0.05) is 11.6 Å². The quantitative estimate of drug-likeness (QED) is 0.803. The third-order valence-corrected chi connectivity index (χ3v) is 3.49. The van der Waals surface area contributed by atoms with Crippen LogP contribution in [0.25, 0.3) is 11.3 Å². The number of ether oxygens (including phenoxy) is 1. The zero-order chi connectivity index (χ0) is 13.9. The minimum Gasteiger partial charge on any atom is -0.459 e. The summed E-state index contributed by atoms with van der Waals surface area (Å²) in [4.78, 5) is 11.6. The summed E-state index contributed by atoms with van der Waals surface area (Å²) in [7, 11) is 0. The summed E-state index contributed by atoms with van der Waals surface area (Å²) in [5.74, 6) is 0.115. The van der Waals surface area contributed by atoms with Gasteiger partial charge in [-0.05, 0) is 37.1 Å². The molecule has 1 aromatic carbocycles. The highest BCUT2D eigenvalue weighted by Gasteiger charge is 2.26. The van der Waals surface area contributed by atoms with Crippen molar-refractivity contribution in [1.29, 1.82) is 0 Å². The van der Waals surface area contributed by atoms with Gasteiger partial charge in [0.05, 0.1) is 5.92 Å². The van der Waals surface area contributed by atoms with Crippen LogP contribution in [0.5, 0.6) is 0 Å². The molecular formula is C15H14FNO3. The maximum atomic E-state index is 12.8. The molecule has 0 N–H and O–H groups in total. The maximum absolute atomic E-state index is 12.8. The van der Waals surface area contributed by atoms with Gasteiger partial charge in [0.25, 0.3) is 0 Å². The number of hydrogen-bond acceptors (Lipinski definition) is 4. The second-order valence-corrected chi connectivity index (χ2v) is 4.92. The second kappa shape index (κ2) is 5.45. The molecule has 1 aliphatic rings. The lowest BCUT2D eigenvalue weighted by Crippen LogP contribution is -2.23. The number of nitrogens with zero attached hydrogens (tertiary/aromatic N) is 1. The predicted molar refractivity (Wildman–Crippen MR) is 69.0 cm³/mol. The number of aromatic nitrogens is 1. The molecular weight excluding hydrogens is 261 g/mol.